The fourth-order valence-electron chi connectivity index (χ4n) is 1.44. The molecule has 2 rings (SSSR count). The highest BCUT2D eigenvalue weighted by molar-refractivity contribution is 6.33. The van der Waals surface area contributed by atoms with Gasteiger partial charge in [-0.05, 0) is 29.8 Å². The van der Waals surface area contributed by atoms with Crippen LogP contribution in [-0.4, -0.2) is 17.3 Å². The molecule has 0 saturated heterocycles. The first-order valence-corrected chi connectivity index (χ1v) is 5.91. The van der Waals surface area contributed by atoms with Gasteiger partial charge in [0, 0.05) is 0 Å². The van der Waals surface area contributed by atoms with Gasteiger partial charge < -0.3 is 5.11 Å². The quantitative estimate of drug-likeness (QED) is 0.663. The number of nitrogens with zero attached hydrogens (tertiary/aromatic N) is 1. The molecule has 0 aromatic heterocycles. The van der Waals surface area contributed by atoms with E-state index >= 15 is 0 Å². The molecule has 0 saturated carbocycles. The summed E-state index contributed by atoms with van der Waals surface area (Å²) >= 11 is 5.96. The van der Waals surface area contributed by atoms with Crippen molar-refractivity contribution >= 4 is 29.5 Å². The summed E-state index contributed by atoms with van der Waals surface area (Å²) in [6, 6.07) is 13.7. The number of nitrogens with one attached hydrogen (secondary N) is 1. The van der Waals surface area contributed by atoms with Gasteiger partial charge in [-0.25, -0.2) is 4.79 Å². The molecule has 4 nitrogen and oxygen atoms in total. The van der Waals surface area contributed by atoms with Crippen molar-refractivity contribution in [1.82, 2.24) is 0 Å². The number of benzene rings is 2. The van der Waals surface area contributed by atoms with Crippen LogP contribution in [0.5, 0.6) is 0 Å². The Hall–Kier alpha value is -2.33. The number of hydrogen-bond acceptors (Lipinski definition) is 3. The zero-order valence-electron chi connectivity index (χ0n) is 9.88. The Morgan fingerprint density at radius 1 is 1.16 bits per heavy atom. The van der Waals surface area contributed by atoms with Gasteiger partial charge in [0.25, 0.3) is 0 Å². The average molecular weight is 275 g/mol. The summed E-state index contributed by atoms with van der Waals surface area (Å²) in [6.45, 7) is 0. The lowest BCUT2D eigenvalue weighted by atomic mass is 10.1. The molecule has 2 aromatic rings. The molecule has 0 bridgehead atoms. The summed E-state index contributed by atoms with van der Waals surface area (Å²) in [5.74, 6) is -0.947. The van der Waals surface area contributed by atoms with E-state index in [9.17, 15) is 4.79 Å². The van der Waals surface area contributed by atoms with Crippen LogP contribution in [0.1, 0.15) is 15.9 Å². The van der Waals surface area contributed by atoms with Crippen LogP contribution in [0.15, 0.2) is 53.6 Å². The molecule has 0 fully saturated rings. The highest BCUT2D eigenvalue weighted by Crippen LogP contribution is 2.20. The largest absolute Gasteiger partial charge is 0.478 e. The Morgan fingerprint density at radius 3 is 2.47 bits per heavy atom. The molecule has 0 aliphatic carbocycles. The molecule has 0 amide bonds. The molecule has 0 radical (unpaired) electrons. The van der Waals surface area contributed by atoms with Gasteiger partial charge >= 0.3 is 5.97 Å². The molecule has 2 aromatic carbocycles. The lowest BCUT2D eigenvalue weighted by molar-refractivity contribution is 0.0697. The summed E-state index contributed by atoms with van der Waals surface area (Å²) < 4.78 is 0. The molecule has 5 heteroatoms. The smallest absolute Gasteiger partial charge is 0.335 e. The van der Waals surface area contributed by atoms with Crippen molar-refractivity contribution in [1.29, 1.82) is 0 Å². The Balaban J connectivity index is 2.03. The normalized spacial score (nSPS) is 10.6. The third kappa shape index (κ3) is 3.56. The molecule has 2 N–H and O–H groups in total. The number of carbonyl (C=O) groups is 1. The van der Waals surface area contributed by atoms with Crippen molar-refractivity contribution in [3.63, 3.8) is 0 Å². The van der Waals surface area contributed by atoms with Crippen molar-refractivity contribution in [2.24, 2.45) is 5.10 Å². The minimum atomic E-state index is -0.947. The molecule has 19 heavy (non-hydrogen) atoms. The first-order valence-electron chi connectivity index (χ1n) is 5.54. The molecule has 0 aliphatic rings. The number of halogens is 1. The predicted molar refractivity (Wildman–Crippen MR) is 76.1 cm³/mol. The Kier molecular flexibility index (Phi) is 4.15. The number of hydrogen-bond donors (Lipinski definition) is 2. The molecular weight excluding hydrogens is 264 g/mol. The van der Waals surface area contributed by atoms with E-state index in [1.165, 1.54) is 12.1 Å². The number of anilines is 1. The van der Waals surface area contributed by atoms with Crippen molar-refractivity contribution in [2.45, 2.75) is 0 Å². The van der Waals surface area contributed by atoms with Gasteiger partial charge in [-0.1, -0.05) is 35.9 Å². The van der Waals surface area contributed by atoms with Crippen LogP contribution >= 0.6 is 11.6 Å². The molecule has 0 heterocycles. The van der Waals surface area contributed by atoms with Crippen LogP contribution in [0, 0.1) is 0 Å². The van der Waals surface area contributed by atoms with E-state index in [0.717, 1.165) is 5.56 Å². The predicted octanol–water partition coefficient (Wildman–Crippen LogP) is 3.48. The standard InChI is InChI=1S/C14H11ClN2O2/c15-12-3-1-2-4-13(12)17-16-9-10-5-7-11(8-6-10)14(18)19/h1-9,17H,(H,18,19)/b16-9-. The van der Waals surface area contributed by atoms with E-state index in [0.29, 0.717) is 10.7 Å². The Bertz CT molecular complexity index is 609. The lowest BCUT2D eigenvalue weighted by Crippen LogP contribution is -1.96. The van der Waals surface area contributed by atoms with Gasteiger partial charge in [-0.15, -0.1) is 0 Å². The van der Waals surface area contributed by atoms with E-state index in [1.807, 2.05) is 18.2 Å². The van der Waals surface area contributed by atoms with Gasteiger partial charge in [0.1, 0.15) is 0 Å². The van der Waals surface area contributed by atoms with Crippen LogP contribution in [0.3, 0.4) is 0 Å². The van der Waals surface area contributed by atoms with E-state index in [2.05, 4.69) is 10.5 Å². The molecule has 0 spiro atoms. The summed E-state index contributed by atoms with van der Waals surface area (Å²) in [6.07, 6.45) is 1.59. The monoisotopic (exact) mass is 274 g/mol. The number of rotatable bonds is 4. The van der Waals surface area contributed by atoms with Crippen molar-refractivity contribution < 1.29 is 9.90 Å². The van der Waals surface area contributed by atoms with Crippen molar-refractivity contribution in [2.75, 3.05) is 5.43 Å². The zero-order valence-corrected chi connectivity index (χ0v) is 10.6. The van der Waals surface area contributed by atoms with Crippen LogP contribution in [0.25, 0.3) is 0 Å². The number of aromatic carboxylic acids is 1. The average Bonchev–Trinajstić information content (AvgIpc) is 2.41. The second-order valence-corrected chi connectivity index (χ2v) is 4.18. The fourth-order valence-corrected chi connectivity index (χ4v) is 1.62. The van der Waals surface area contributed by atoms with Crippen molar-refractivity contribution in [3.05, 3.63) is 64.7 Å². The molecule has 96 valence electrons. The summed E-state index contributed by atoms with van der Waals surface area (Å²) in [7, 11) is 0. The molecule has 0 unspecified atom stereocenters. The van der Waals surface area contributed by atoms with Crippen LogP contribution in [0.2, 0.25) is 5.02 Å². The first-order chi connectivity index (χ1) is 9.16. The maximum Gasteiger partial charge on any atom is 0.335 e. The van der Waals surface area contributed by atoms with E-state index in [-0.39, 0.29) is 5.56 Å². The highest BCUT2D eigenvalue weighted by atomic mass is 35.5. The van der Waals surface area contributed by atoms with Crippen LogP contribution < -0.4 is 5.43 Å². The lowest BCUT2D eigenvalue weighted by Gasteiger charge is -2.01. The number of para-hydroxylation sites is 1. The second kappa shape index (κ2) is 6.02. The maximum absolute atomic E-state index is 10.7. The van der Waals surface area contributed by atoms with Gasteiger partial charge in [-0.2, -0.15) is 5.10 Å². The van der Waals surface area contributed by atoms with Gasteiger partial charge in [0.2, 0.25) is 0 Å². The summed E-state index contributed by atoms with van der Waals surface area (Å²) in [5.41, 5.74) is 4.57. The second-order valence-electron chi connectivity index (χ2n) is 3.78. The molecular formula is C14H11ClN2O2. The molecule has 0 aliphatic heterocycles. The van der Waals surface area contributed by atoms with E-state index in [4.69, 9.17) is 16.7 Å². The summed E-state index contributed by atoms with van der Waals surface area (Å²) in [4.78, 5) is 10.7. The number of carboxylic acids is 1. The molecule has 0 atom stereocenters. The SMILES string of the molecule is O=C(O)c1ccc(/C=N\Nc2ccccc2Cl)cc1. The highest BCUT2D eigenvalue weighted by Gasteiger charge is 2.00. The third-order valence-corrected chi connectivity index (χ3v) is 2.76. The Morgan fingerprint density at radius 2 is 1.84 bits per heavy atom. The topological polar surface area (TPSA) is 61.7 Å². The van der Waals surface area contributed by atoms with Gasteiger partial charge in [0.05, 0.1) is 22.5 Å². The fraction of sp³-hybridized carbons (Fsp3) is 0. The minimum absolute atomic E-state index is 0.246. The third-order valence-electron chi connectivity index (χ3n) is 2.43. The number of hydrazone groups is 1. The van der Waals surface area contributed by atoms with Crippen molar-refractivity contribution in [3.8, 4) is 0 Å². The van der Waals surface area contributed by atoms with Gasteiger partial charge in [-0.3, -0.25) is 5.43 Å². The maximum atomic E-state index is 10.7. The Labute approximate surface area is 115 Å². The van der Waals surface area contributed by atoms with E-state index < -0.39 is 5.97 Å². The van der Waals surface area contributed by atoms with Crippen LogP contribution in [-0.2, 0) is 0 Å². The first kappa shape index (κ1) is 13.1. The van der Waals surface area contributed by atoms with Gasteiger partial charge in [0.15, 0.2) is 0 Å². The van der Waals surface area contributed by atoms with E-state index in [1.54, 1.807) is 24.4 Å². The minimum Gasteiger partial charge on any atom is -0.478 e. The summed E-state index contributed by atoms with van der Waals surface area (Å²) in [5, 5.41) is 13.4. The van der Waals surface area contributed by atoms with Crippen LogP contribution in [0.4, 0.5) is 5.69 Å². The number of carboxylic acid groups (broad SMARTS) is 1. The zero-order chi connectivity index (χ0) is 13.7.